The van der Waals surface area contributed by atoms with Gasteiger partial charge in [-0.2, -0.15) is 5.10 Å². The topological polar surface area (TPSA) is 130 Å². The molecule has 2 N–H and O–H groups in total. The van der Waals surface area contributed by atoms with Gasteiger partial charge in [-0.1, -0.05) is 30.3 Å². The number of esters is 1. The molecule has 236 valence electrons. The van der Waals surface area contributed by atoms with Gasteiger partial charge < -0.3 is 33.4 Å². The molecule has 0 aliphatic rings. The van der Waals surface area contributed by atoms with Crippen molar-refractivity contribution in [3.63, 3.8) is 0 Å². The molecule has 4 aromatic carbocycles. The van der Waals surface area contributed by atoms with Crippen molar-refractivity contribution in [1.29, 1.82) is 0 Å². The predicted molar refractivity (Wildman–Crippen MR) is 174 cm³/mol. The molecule has 0 radical (unpaired) electrons. The van der Waals surface area contributed by atoms with E-state index in [1.807, 2.05) is 55.5 Å². The average Bonchev–Trinajstić information content (AvgIpc) is 3.47. The Hall–Kier alpha value is -5.97. The number of carbonyl (C=O) groups is 2. The van der Waals surface area contributed by atoms with Gasteiger partial charge in [-0.3, -0.25) is 4.79 Å². The first-order valence-corrected chi connectivity index (χ1v) is 14.3. The minimum atomic E-state index is -0.660. The van der Waals surface area contributed by atoms with Crippen molar-refractivity contribution in [2.45, 2.75) is 6.92 Å². The first kappa shape index (κ1) is 31.5. The van der Waals surface area contributed by atoms with Gasteiger partial charge in [-0.05, 0) is 66.6 Å². The molecule has 0 saturated heterocycles. The molecule has 46 heavy (non-hydrogen) atoms. The van der Waals surface area contributed by atoms with Crippen molar-refractivity contribution in [2.75, 3.05) is 35.0 Å². The highest BCUT2D eigenvalue weighted by Gasteiger charge is 2.21. The summed E-state index contributed by atoms with van der Waals surface area (Å²) in [5.41, 5.74) is 6.14. The minimum absolute atomic E-state index is 0.180. The van der Waals surface area contributed by atoms with Gasteiger partial charge in [0, 0.05) is 16.5 Å². The van der Waals surface area contributed by atoms with Crippen molar-refractivity contribution in [2.24, 2.45) is 5.10 Å². The molecule has 0 aliphatic carbocycles. The summed E-state index contributed by atoms with van der Waals surface area (Å²) < 4.78 is 32.8. The van der Waals surface area contributed by atoms with Gasteiger partial charge in [0.15, 0.2) is 23.0 Å². The summed E-state index contributed by atoms with van der Waals surface area (Å²) in [4.78, 5) is 29.6. The number of rotatable bonds is 12. The molecule has 0 aliphatic heterocycles. The zero-order chi connectivity index (χ0) is 32.6. The van der Waals surface area contributed by atoms with E-state index in [2.05, 4.69) is 15.5 Å². The molecule has 5 rings (SSSR count). The maximum absolute atomic E-state index is 13.4. The summed E-state index contributed by atoms with van der Waals surface area (Å²) in [6.45, 7) is 2.45. The number of amides is 1. The first-order chi connectivity index (χ1) is 22.4. The van der Waals surface area contributed by atoms with Gasteiger partial charge in [0.25, 0.3) is 5.91 Å². The number of aromatic nitrogens is 1. The van der Waals surface area contributed by atoms with Crippen LogP contribution in [0.25, 0.3) is 22.0 Å². The van der Waals surface area contributed by atoms with E-state index in [-0.39, 0.29) is 17.1 Å². The smallest absolute Gasteiger partial charge is 0.343 e. The molecule has 0 atom stereocenters. The maximum atomic E-state index is 13.4. The second-order valence-corrected chi connectivity index (χ2v) is 9.79. The van der Waals surface area contributed by atoms with Crippen LogP contribution in [0, 0.1) is 0 Å². The molecular weight excluding hydrogens is 590 g/mol. The second kappa shape index (κ2) is 14.2. The van der Waals surface area contributed by atoms with Gasteiger partial charge in [-0.15, -0.1) is 0 Å². The molecule has 11 heteroatoms. The molecule has 0 spiro atoms. The lowest BCUT2D eigenvalue weighted by Crippen LogP contribution is -2.18. The van der Waals surface area contributed by atoms with Crippen LogP contribution in [0.2, 0.25) is 0 Å². The van der Waals surface area contributed by atoms with E-state index in [4.69, 9.17) is 28.4 Å². The Kier molecular flexibility index (Phi) is 9.72. The van der Waals surface area contributed by atoms with Crippen molar-refractivity contribution >= 4 is 29.0 Å². The van der Waals surface area contributed by atoms with Crippen molar-refractivity contribution < 1.29 is 38.0 Å². The second-order valence-electron chi connectivity index (χ2n) is 9.79. The Balaban J connectivity index is 1.35. The molecule has 0 bridgehead atoms. The third-order valence-electron chi connectivity index (χ3n) is 7.04. The van der Waals surface area contributed by atoms with E-state index in [1.165, 1.54) is 46.8 Å². The molecule has 1 heterocycles. The fraction of sp³-hybridized carbons (Fsp3) is 0.171. The van der Waals surface area contributed by atoms with E-state index < -0.39 is 11.9 Å². The SMILES string of the molecule is CCOc1ccc2[nH]c(C(=O)NN=Cc3ccc(OC(=O)c4cc(OC)c(OC)c(OC)c4)c(OC)c3)c(-c3ccccc3)c2c1. The summed E-state index contributed by atoms with van der Waals surface area (Å²) >= 11 is 0. The number of hydrogen-bond donors (Lipinski definition) is 2. The van der Waals surface area contributed by atoms with E-state index in [9.17, 15) is 9.59 Å². The summed E-state index contributed by atoms with van der Waals surface area (Å²) in [7, 11) is 5.84. The summed E-state index contributed by atoms with van der Waals surface area (Å²) in [5.74, 6) is 1.07. The summed E-state index contributed by atoms with van der Waals surface area (Å²) in [5, 5.41) is 5.02. The molecule has 0 unspecified atom stereocenters. The van der Waals surface area contributed by atoms with Crippen LogP contribution in [0.15, 0.2) is 84.0 Å². The van der Waals surface area contributed by atoms with Crippen LogP contribution in [0.4, 0.5) is 0 Å². The van der Waals surface area contributed by atoms with Crippen LogP contribution >= 0.6 is 0 Å². The monoisotopic (exact) mass is 623 g/mol. The number of fused-ring (bicyclic) bond motifs is 1. The number of hydrogen-bond acceptors (Lipinski definition) is 9. The lowest BCUT2D eigenvalue weighted by atomic mass is 10.0. The third-order valence-corrected chi connectivity index (χ3v) is 7.04. The van der Waals surface area contributed by atoms with Crippen molar-refractivity contribution in [3.05, 3.63) is 95.7 Å². The Morgan fingerprint density at radius 1 is 0.804 bits per heavy atom. The van der Waals surface area contributed by atoms with Gasteiger partial charge in [0.05, 0.1) is 46.8 Å². The zero-order valence-electron chi connectivity index (χ0n) is 26.0. The highest BCUT2D eigenvalue weighted by atomic mass is 16.6. The number of carbonyl (C=O) groups excluding carboxylic acids is 2. The van der Waals surface area contributed by atoms with Crippen LogP contribution in [-0.4, -0.2) is 58.1 Å². The quantitative estimate of drug-likeness (QED) is 0.0722. The number of nitrogens with zero attached hydrogens (tertiary/aromatic N) is 1. The zero-order valence-corrected chi connectivity index (χ0v) is 26.0. The number of nitrogens with one attached hydrogen (secondary N) is 2. The lowest BCUT2D eigenvalue weighted by molar-refractivity contribution is 0.0728. The maximum Gasteiger partial charge on any atom is 0.343 e. The van der Waals surface area contributed by atoms with Gasteiger partial charge in [0.1, 0.15) is 11.4 Å². The Labute approximate surface area is 265 Å². The van der Waals surface area contributed by atoms with E-state index in [0.717, 1.165) is 22.0 Å². The van der Waals surface area contributed by atoms with Crippen molar-refractivity contribution in [3.8, 4) is 45.6 Å². The third kappa shape index (κ3) is 6.58. The van der Waals surface area contributed by atoms with Crippen LogP contribution in [0.5, 0.6) is 34.5 Å². The summed E-state index contributed by atoms with van der Waals surface area (Å²) in [6.07, 6.45) is 1.46. The molecule has 0 saturated carbocycles. The lowest BCUT2D eigenvalue weighted by Gasteiger charge is -2.14. The normalized spacial score (nSPS) is 10.9. The number of hydrazone groups is 1. The summed E-state index contributed by atoms with van der Waals surface area (Å²) in [6, 6.07) is 23.1. The fourth-order valence-corrected chi connectivity index (χ4v) is 4.93. The molecular formula is C35H33N3O8. The number of ether oxygens (including phenoxy) is 6. The van der Waals surface area contributed by atoms with Gasteiger partial charge in [0.2, 0.25) is 5.75 Å². The molecule has 1 amide bonds. The highest BCUT2D eigenvalue weighted by Crippen LogP contribution is 2.39. The Morgan fingerprint density at radius 2 is 1.52 bits per heavy atom. The van der Waals surface area contributed by atoms with Gasteiger partial charge in [-0.25, -0.2) is 10.2 Å². The molecule has 11 nitrogen and oxygen atoms in total. The standard InChI is InChI=1S/C35H33N3O8/c1-6-45-24-13-14-26-25(19-24)31(22-10-8-7-9-11-22)32(37-26)34(39)38-36-20-21-12-15-27(28(16-21)41-2)46-35(40)23-17-29(42-3)33(44-5)30(18-23)43-4/h7-20,37H,6H2,1-5H3,(H,38,39). The molecule has 5 aromatic rings. The van der Waals surface area contributed by atoms with Crippen LogP contribution < -0.4 is 33.8 Å². The molecule has 1 aromatic heterocycles. The first-order valence-electron chi connectivity index (χ1n) is 14.3. The number of benzene rings is 4. The highest BCUT2D eigenvalue weighted by molar-refractivity contribution is 6.10. The average molecular weight is 624 g/mol. The van der Waals surface area contributed by atoms with E-state index in [0.29, 0.717) is 40.9 Å². The number of aromatic amines is 1. The van der Waals surface area contributed by atoms with E-state index in [1.54, 1.807) is 18.2 Å². The Morgan fingerprint density at radius 3 is 2.17 bits per heavy atom. The van der Waals surface area contributed by atoms with Crippen molar-refractivity contribution in [1.82, 2.24) is 10.4 Å². The van der Waals surface area contributed by atoms with E-state index >= 15 is 0 Å². The number of methoxy groups -OCH3 is 4. The van der Waals surface area contributed by atoms with Gasteiger partial charge >= 0.3 is 5.97 Å². The van der Waals surface area contributed by atoms with Crippen LogP contribution in [-0.2, 0) is 0 Å². The molecule has 0 fully saturated rings. The predicted octanol–water partition coefficient (Wildman–Crippen LogP) is 6.25. The number of H-pyrrole nitrogens is 1. The Bertz CT molecular complexity index is 1870. The van der Waals surface area contributed by atoms with Crippen LogP contribution in [0.3, 0.4) is 0 Å². The largest absolute Gasteiger partial charge is 0.494 e. The van der Waals surface area contributed by atoms with Crippen LogP contribution in [0.1, 0.15) is 33.3 Å². The minimum Gasteiger partial charge on any atom is -0.494 e. The fourth-order valence-electron chi connectivity index (χ4n) is 4.93.